The van der Waals surface area contributed by atoms with E-state index in [2.05, 4.69) is 26.0 Å². The van der Waals surface area contributed by atoms with Crippen molar-refractivity contribution >= 4 is 11.8 Å². The molecule has 1 fully saturated rings. The summed E-state index contributed by atoms with van der Waals surface area (Å²) < 4.78 is 5.24. The number of amides is 1. The molecule has 0 radical (unpaired) electrons. The van der Waals surface area contributed by atoms with Crippen LogP contribution in [0.25, 0.3) is 0 Å². The van der Waals surface area contributed by atoms with Crippen molar-refractivity contribution in [2.75, 3.05) is 11.4 Å². The molecule has 19 heavy (non-hydrogen) atoms. The Morgan fingerprint density at radius 3 is 2.26 bits per heavy atom. The van der Waals surface area contributed by atoms with Crippen LogP contribution in [0.5, 0.6) is 0 Å². The van der Waals surface area contributed by atoms with Crippen LogP contribution >= 0.6 is 0 Å². The van der Waals surface area contributed by atoms with Gasteiger partial charge in [-0.15, -0.1) is 0 Å². The molecule has 0 N–H and O–H groups in total. The molecule has 106 valence electrons. The van der Waals surface area contributed by atoms with Crippen molar-refractivity contribution in [3.63, 3.8) is 0 Å². The van der Waals surface area contributed by atoms with Gasteiger partial charge >= 0.3 is 6.09 Å². The van der Waals surface area contributed by atoms with Crippen LogP contribution in [0.3, 0.4) is 0 Å². The summed E-state index contributed by atoms with van der Waals surface area (Å²) in [6, 6.07) is 8.14. The van der Waals surface area contributed by atoms with E-state index in [9.17, 15) is 4.79 Å². The number of cyclic esters (lactones) is 1. The predicted octanol–water partition coefficient (Wildman–Crippen LogP) is 4.57. The summed E-state index contributed by atoms with van der Waals surface area (Å²) >= 11 is 0. The molecule has 1 heterocycles. The van der Waals surface area contributed by atoms with Gasteiger partial charge in [0.1, 0.15) is 6.10 Å². The lowest BCUT2D eigenvalue weighted by molar-refractivity contribution is 0.139. The molecule has 3 heteroatoms. The minimum absolute atomic E-state index is 0.0345. The molecule has 0 saturated carbocycles. The molecule has 1 aliphatic rings. The molecule has 1 unspecified atom stereocenters. The first kappa shape index (κ1) is 15.5. The number of hydrogen-bond donors (Lipinski definition) is 0. The van der Waals surface area contributed by atoms with Crippen molar-refractivity contribution in [1.82, 2.24) is 0 Å². The van der Waals surface area contributed by atoms with Crippen molar-refractivity contribution < 1.29 is 9.53 Å². The fraction of sp³-hybridized carbons (Fsp3) is 0.562. The standard InChI is InChI=1S/C14H19NO2.C2H6/c1-4-13-9-15(14(16)17-13)12-7-5-11(6-8-12)10(2)3;1-2/h5-8,10,13H,4,9H2,1-3H3;1-2H3. The zero-order valence-corrected chi connectivity index (χ0v) is 12.6. The van der Waals surface area contributed by atoms with Crippen molar-refractivity contribution in [2.24, 2.45) is 0 Å². The molecular weight excluding hydrogens is 238 g/mol. The van der Waals surface area contributed by atoms with E-state index in [1.165, 1.54) is 5.56 Å². The van der Waals surface area contributed by atoms with Crippen LogP contribution in [0.1, 0.15) is 52.5 Å². The molecule has 0 bridgehead atoms. The SMILES string of the molecule is CC.CCC1CN(c2ccc(C(C)C)cc2)C(=O)O1. The topological polar surface area (TPSA) is 29.5 Å². The summed E-state index contributed by atoms with van der Waals surface area (Å²) in [4.78, 5) is 13.4. The Balaban J connectivity index is 0.000000861. The number of anilines is 1. The maximum absolute atomic E-state index is 11.7. The van der Waals surface area contributed by atoms with Gasteiger partial charge in [0, 0.05) is 5.69 Å². The Bertz CT molecular complexity index is 398. The third-order valence-corrected chi connectivity index (χ3v) is 3.20. The molecule has 1 aliphatic heterocycles. The van der Waals surface area contributed by atoms with Crippen molar-refractivity contribution in [1.29, 1.82) is 0 Å². The van der Waals surface area contributed by atoms with Gasteiger partial charge in [-0.25, -0.2) is 4.79 Å². The van der Waals surface area contributed by atoms with E-state index in [1.54, 1.807) is 4.90 Å². The first-order chi connectivity index (χ1) is 9.11. The molecular formula is C16H25NO2. The van der Waals surface area contributed by atoms with Crippen LogP contribution in [-0.2, 0) is 4.74 Å². The van der Waals surface area contributed by atoms with Crippen LogP contribution in [0.2, 0.25) is 0 Å². The average molecular weight is 263 g/mol. The Hall–Kier alpha value is -1.51. The monoisotopic (exact) mass is 263 g/mol. The Morgan fingerprint density at radius 1 is 1.26 bits per heavy atom. The maximum atomic E-state index is 11.7. The second-order valence-electron chi connectivity index (χ2n) is 4.77. The van der Waals surface area contributed by atoms with Gasteiger partial charge in [0.2, 0.25) is 0 Å². The highest BCUT2D eigenvalue weighted by atomic mass is 16.6. The largest absolute Gasteiger partial charge is 0.444 e. The van der Waals surface area contributed by atoms with Gasteiger partial charge in [0.05, 0.1) is 6.54 Å². The molecule has 3 nitrogen and oxygen atoms in total. The highest BCUT2D eigenvalue weighted by Crippen LogP contribution is 2.24. The van der Waals surface area contributed by atoms with Gasteiger partial charge in [0.15, 0.2) is 0 Å². The van der Waals surface area contributed by atoms with Gasteiger partial charge in [-0.05, 0) is 30.0 Å². The van der Waals surface area contributed by atoms with Crippen LogP contribution in [0, 0.1) is 0 Å². The van der Waals surface area contributed by atoms with Crippen molar-refractivity contribution in [2.45, 2.75) is 53.1 Å². The molecule has 1 amide bonds. The third-order valence-electron chi connectivity index (χ3n) is 3.20. The Kier molecular flexibility index (Phi) is 5.87. The van der Waals surface area contributed by atoms with Crippen LogP contribution in [-0.4, -0.2) is 18.7 Å². The second kappa shape index (κ2) is 7.17. The van der Waals surface area contributed by atoms with E-state index >= 15 is 0 Å². The van der Waals surface area contributed by atoms with Gasteiger partial charge in [-0.1, -0.05) is 46.8 Å². The molecule has 1 aromatic rings. The molecule has 2 rings (SSSR count). The number of carbonyl (C=O) groups is 1. The number of nitrogens with zero attached hydrogens (tertiary/aromatic N) is 1. The average Bonchev–Trinajstić information content (AvgIpc) is 2.82. The zero-order chi connectivity index (χ0) is 14.4. The number of carbonyl (C=O) groups excluding carboxylic acids is 1. The highest BCUT2D eigenvalue weighted by molar-refractivity contribution is 5.89. The third kappa shape index (κ3) is 3.72. The van der Waals surface area contributed by atoms with Gasteiger partial charge in [-0.2, -0.15) is 0 Å². The highest BCUT2D eigenvalue weighted by Gasteiger charge is 2.30. The normalized spacial score (nSPS) is 18.1. The molecule has 1 atom stereocenters. The lowest BCUT2D eigenvalue weighted by atomic mass is 10.0. The van der Waals surface area contributed by atoms with E-state index in [0.29, 0.717) is 12.5 Å². The predicted molar refractivity (Wildman–Crippen MR) is 79.8 cm³/mol. The van der Waals surface area contributed by atoms with Crippen LogP contribution < -0.4 is 4.90 Å². The summed E-state index contributed by atoms with van der Waals surface area (Å²) in [5, 5.41) is 0. The number of hydrogen-bond acceptors (Lipinski definition) is 2. The molecule has 0 aromatic heterocycles. The summed E-state index contributed by atoms with van der Waals surface area (Å²) in [5.41, 5.74) is 2.21. The minimum atomic E-state index is -0.228. The fourth-order valence-electron chi connectivity index (χ4n) is 1.98. The Labute approximate surface area is 116 Å². The number of ether oxygens (including phenoxy) is 1. The van der Waals surface area contributed by atoms with E-state index in [4.69, 9.17) is 4.74 Å². The Morgan fingerprint density at radius 2 is 1.84 bits per heavy atom. The van der Waals surface area contributed by atoms with E-state index in [-0.39, 0.29) is 12.2 Å². The fourth-order valence-corrected chi connectivity index (χ4v) is 1.98. The first-order valence-corrected chi connectivity index (χ1v) is 7.20. The smallest absolute Gasteiger partial charge is 0.414 e. The van der Waals surface area contributed by atoms with Crippen LogP contribution in [0.4, 0.5) is 10.5 Å². The van der Waals surface area contributed by atoms with E-state index in [1.807, 2.05) is 32.9 Å². The molecule has 0 aliphatic carbocycles. The summed E-state index contributed by atoms with van der Waals surface area (Å²) in [5.74, 6) is 0.512. The summed E-state index contributed by atoms with van der Waals surface area (Å²) in [6.45, 7) is 11.0. The van der Waals surface area contributed by atoms with E-state index < -0.39 is 0 Å². The molecule has 1 saturated heterocycles. The zero-order valence-electron chi connectivity index (χ0n) is 12.6. The first-order valence-electron chi connectivity index (χ1n) is 7.20. The van der Waals surface area contributed by atoms with Crippen molar-refractivity contribution in [3.05, 3.63) is 29.8 Å². The summed E-state index contributed by atoms with van der Waals surface area (Å²) in [6.07, 6.45) is 0.674. The lowest BCUT2D eigenvalue weighted by Gasteiger charge is -2.14. The molecule has 0 spiro atoms. The van der Waals surface area contributed by atoms with Crippen LogP contribution in [0.15, 0.2) is 24.3 Å². The lowest BCUT2D eigenvalue weighted by Crippen LogP contribution is -2.24. The van der Waals surface area contributed by atoms with E-state index in [0.717, 1.165) is 12.1 Å². The quantitative estimate of drug-likeness (QED) is 0.799. The summed E-state index contributed by atoms with van der Waals surface area (Å²) in [7, 11) is 0. The van der Waals surface area contributed by atoms with Gasteiger partial charge in [0.25, 0.3) is 0 Å². The van der Waals surface area contributed by atoms with Crippen molar-refractivity contribution in [3.8, 4) is 0 Å². The second-order valence-corrected chi connectivity index (χ2v) is 4.77. The molecule has 1 aromatic carbocycles. The maximum Gasteiger partial charge on any atom is 0.414 e. The number of rotatable bonds is 3. The van der Waals surface area contributed by atoms with Gasteiger partial charge in [-0.3, -0.25) is 4.90 Å². The van der Waals surface area contributed by atoms with Gasteiger partial charge < -0.3 is 4.74 Å². The minimum Gasteiger partial charge on any atom is -0.444 e. The number of benzene rings is 1.